The maximum atomic E-state index is 12.4. The van der Waals surface area contributed by atoms with E-state index in [1.165, 1.54) is 18.7 Å². The maximum absolute atomic E-state index is 12.4. The van der Waals surface area contributed by atoms with Crippen LogP contribution in [0.5, 0.6) is 0 Å². The van der Waals surface area contributed by atoms with Crippen LogP contribution in [0.25, 0.3) is 0 Å². The smallest absolute Gasteiger partial charge is 0.410 e. The highest BCUT2D eigenvalue weighted by molar-refractivity contribution is 8.14. The quantitative estimate of drug-likeness (QED) is 0.778. The van der Waals surface area contributed by atoms with Crippen LogP contribution in [0.2, 0.25) is 0 Å². The lowest BCUT2D eigenvalue weighted by molar-refractivity contribution is -0.128. The van der Waals surface area contributed by atoms with Gasteiger partial charge in [0.15, 0.2) is 5.12 Å². The third kappa shape index (κ3) is 5.40. The lowest BCUT2D eigenvalue weighted by atomic mass is 10.0. The van der Waals surface area contributed by atoms with Crippen LogP contribution in [-0.2, 0) is 14.3 Å². The highest BCUT2D eigenvalue weighted by Crippen LogP contribution is 2.27. The fourth-order valence-corrected chi connectivity index (χ4v) is 4.18. The molecule has 2 saturated heterocycles. The van der Waals surface area contributed by atoms with E-state index in [4.69, 9.17) is 4.74 Å². The predicted molar refractivity (Wildman–Crippen MR) is 93.8 cm³/mol. The van der Waals surface area contributed by atoms with Crippen LogP contribution in [0, 0.1) is 0 Å². The molecule has 6 nitrogen and oxygen atoms in total. The highest BCUT2D eigenvalue weighted by atomic mass is 32.2. The molecule has 0 bridgehead atoms. The lowest BCUT2D eigenvalue weighted by Crippen LogP contribution is -2.51. The Hall–Kier alpha value is -1.24. The first-order valence-electron chi connectivity index (χ1n) is 8.60. The van der Waals surface area contributed by atoms with Gasteiger partial charge in [0.2, 0.25) is 5.91 Å². The fraction of sp³-hybridized carbons (Fsp3) is 0.824. The van der Waals surface area contributed by atoms with Crippen molar-refractivity contribution in [1.82, 2.24) is 9.80 Å². The molecule has 2 atom stereocenters. The van der Waals surface area contributed by atoms with Gasteiger partial charge in [-0.3, -0.25) is 9.59 Å². The van der Waals surface area contributed by atoms with Crippen LogP contribution in [0.1, 0.15) is 53.4 Å². The Labute approximate surface area is 148 Å². The second kappa shape index (κ2) is 7.76. The van der Waals surface area contributed by atoms with E-state index in [9.17, 15) is 14.4 Å². The van der Waals surface area contributed by atoms with E-state index >= 15 is 0 Å². The van der Waals surface area contributed by atoms with E-state index in [1.807, 2.05) is 20.8 Å². The molecule has 0 spiro atoms. The zero-order valence-electron chi connectivity index (χ0n) is 15.0. The van der Waals surface area contributed by atoms with Gasteiger partial charge in [0.05, 0.1) is 6.04 Å². The molecule has 0 aromatic rings. The molecule has 7 heteroatoms. The molecule has 2 rings (SSSR count). The molecule has 2 amide bonds. The summed E-state index contributed by atoms with van der Waals surface area (Å²) in [5.41, 5.74) is -0.522. The van der Waals surface area contributed by atoms with Gasteiger partial charge in [-0.05, 0) is 40.0 Å². The van der Waals surface area contributed by atoms with Crippen LogP contribution < -0.4 is 0 Å². The van der Waals surface area contributed by atoms with E-state index in [0.717, 1.165) is 19.3 Å². The summed E-state index contributed by atoms with van der Waals surface area (Å²) in [4.78, 5) is 39.5. The molecule has 2 aliphatic heterocycles. The molecule has 2 aliphatic rings. The maximum Gasteiger partial charge on any atom is 0.410 e. The number of piperidine rings is 1. The van der Waals surface area contributed by atoms with Crippen LogP contribution in [-0.4, -0.2) is 63.4 Å². The van der Waals surface area contributed by atoms with Crippen molar-refractivity contribution in [1.29, 1.82) is 0 Å². The second-order valence-corrected chi connectivity index (χ2v) is 9.03. The Balaban J connectivity index is 1.97. The summed E-state index contributed by atoms with van der Waals surface area (Å²) in [6.07, 6.45) is 3.01. The Morgan fingerprint density at radius 1 is 1.29 bits per heavy atom. The standard InChI is InChI=1S/C17H28N2O4S/c1-12(20)24-14-9-15(21)18(11-14)10-13-7-5-6-8-19(13)16(22)23-17(2,3)4/h13-14H,5-11H2,1-4H3. The third-order valence-corrected chi connectivity index (χ3v) is 5.18. The molecule has 136 valence electrons. The summed E-state index contributed by atoms with van der Waals surface area (Å²) in [7, 11) is 0. The Bertz CT molecular complexity index is 503. The number of likely N-dealkylation sites (tertiary alicyclic amines) is 2. The summed E-state index contributed by atoms with van der Waals surface area (Å²) in [6.45, 7) is 8.90. The molecule has 0 aliphatic carbocycles. The van der Waals surface area contributed by atoms with Crippen LogP contribution in [0.4, 0.5) is 4.79 Å². The van der Waals surface area contributed by atoms with Gasteiger partial charge < -0.3 is 14.5 Å². The Morgan fingerprint density at radius 2 is 2.00 bits per heavy atom. The number of carbonyl (C=O) groups excluding carboxylic acids is 3. The summed E-state index contributed by atoms with van der Waals surface area (Å²) in [5.74, 6) is 0.0727. The van der Waals surface area contributed by atoms with Crippen molar-refractivity contribution in [2.24, 2.45) is 0 Å². The van der Waals surface area contributed by atoms with Crippen molar-refractivity contribution in [3.63, 3.8) is 0 Å². The minimum atomic E-state index is -0.522. The molecule has 2 heterocycles. The van der Waals surface area contributed by atoms with Gasteiger partial charge >= 0.3 is 6.09 Å². The monoisotopic (exact) mass is 356 g/mol. The summed E-state index contributed by atoms with van der Waals surface area (Å²) in [6, 6.07) is -0.00127. The minimum Gasteiger partial charge on any atom is -0.444 e. The van der Waals surface area contributed by atoms with Crippen LogP contribution in [0.15, 0.2) is 0 Å². The average molecular weight is 356 g/mol. The van der Waals surface area contributed by atoms with Gasteiger partial charge in [-0.25, -0.2) is 4.79 Å². The number of thioether (sulfide) groups is 1. The van der Waals surface area contributed by atoms with Crippen LogP contribution in [0.3, 0.4) is 0 Å². The number of carbonyl (C=O) groups is 3. The van der Waals surface area contributed by atoms with E-state index < -0.39 is 5.60 Å². The molecule has 2 unspecified atom stereocenters. The van der Waals surface area contributed by atoms with E-state index in [2.05, 4.69) is 0 Å². The van der Waals surface area contributed by atoms with E-state index in [-0.39, 0.29) is 28.4 Å². The number of hydrogen-bond acceptors (Lipinski definition) is 5. The zero-order valence-corrected chi connectivity index (χ0v) is 15.9. The van der Waals surface area contributed by atoms with Gasteiger partial charge in [0, 0.05) is 38.2 Å². The first-order chi connectivity index (χ1) is 11.2. The number of rotatable bonds is 3. The first kappa shape index (κ1) is 19.1. The van der Waals surface area contributed by atoms with E-state index in [0.29, 0.717) is 26.1 Å². The molecule has 0 radical (unpaired) electrons. The summed E-state index contributed by atoms with van der Waals surface area (Å²) < 4.78 is 5.51. The highest BCUT2D eigenvalue weighted by Gasteiger charge is 2.36. The van der Waals surface area contributed by atoms with Crippen molar-refractivity contribution in [2.75, 3.05) is 19.6 Å². The molecule has 24 heavy (non-hydrogen) atoms. The average Bonchev–Trinajstić information content (AvgIpc) is 2.76. The van der Waals surface area contributed by atoms with Crippen molar-refractivity contribution >= 4 is 28.9 Å². The second-order valence-electron chi connectivity index (χ2n) is 7.56. The summed E-state index contributed by atoms with van der Waals surface area (Å²) in [5, 5.41) is 0.0799. The van der Waals surface area contributed by atoms with Gasteiger partial charge in [-0.2, -0.15) is 0 Å². The largest absolute Gasteiger partial charge is 0.444 e. The predicted octanol–water partition coefficient (Wildman–Crippen LogP) is 2.66. The number of amides is 2. The van der Waals surface area contributed by atoms with Crippen molar-refractivity contribution in [3.8, 4) is 0 Å². The minimum absolute atomic E-state index is 0.00127. The SMILES string of the molecule is CC(=O)SC1CC(=O)N(CC2CCCCN2C(=O)OC(C)(C)C)C1. The Morgan fingerprint density at radius 3 is 2.62 bits per heavy atom. The molecule has 0 saturated carbocycles. The van der Waals surface area contributed by atoms with Crippen LogP contribution >= 0.6 is 11.8 Å². The molecule has 0 N–H and O–H groups in total. The number of hydrogen-bond donors (Lipinski definition) is 0. The van der Waals surface area contributed by atoms with E-state index in [1.54, 1.807) is 9.80 Å². The zero-order chi connectivity index (χ0) is 17.9. The fourth-order valence-electron chi connectivity index (χ4n) is 3.23. The number of nitrogens with zero attached hydrogens (tertiary/aromatic N) is 2. The van der Waals surface area contributed by atoms with Gasteiger partial charge in [-0.1, -0.05) is 11.8 Å². The van der Waals surface area contributed by atoms with Gasteiger partial charge in [-0.15, -0.1) is 0 Å². The first-order valence-corrected chi connectivity index (χ1v) is 9.48. The molecular formula is C17H28N2O4S. The summed E-state index contributed by atoms with van der Waals surface area (Å²) >= 11 is 1.24. The lowest BCUT2D eigenvalue weighted by Gasteiger charge is -2.38. The topological polar surface area (TPSA) is 66.9 Å². The van der Waals surface area contributed by atoms with Crippen molar-refractivity contribution in [2.45, 2.75) is 70.3 Å². The third-order valence-electron chi connectivity index (χ3n) is 4.20. The molecule has 2 fully saturated rings. The van der Waals surface area contributed by atoms with Crippen molar-refractivity contribution in [3.05, 3.63) is 0 Å². The molecule has 0 aromatic heterocycles. The normalized spacial score (nSPS) is 25.1. The molecular weight excluding hydrogens is 328 g/mol. The molecule has 0 aromatic carbocycles. The Kier molecular flexibility index (Phi) is 6.17. The van der Waals surface area contributed by atoms with Crippen molar-refractivity contribution < 1.29 is 19.1 Å². The van der Waals surface area contributed by atoms with Gasteiger partial charge in [0.25, 0.3) is 0 Å². The number of ether oxygens (including phenoxy) is 1. The van der Waals surface area contributed by atoms with Gasteiger partial charge in [0.1, 0.15) is 5.60 Å².